The van der Waals surface area contributed by atoms with E-state index in [9.17, 15) is 9.90 Å². The molecule has 0 unspecified atom stereocenters. The first kappa shape index (κ1) is 17.6. The lowest BCUT2D eigenvalue weighted by Gasteiger charge is -2.16. The standard InChI is InChI=1S/C18H22BrNO3/c1-5-6-7-23-17-13(8-11(2)9-15(17)19)16-12(3)14(18(21)22)10-20(16)4/h8-10H,5-7H2,1-4H3,(H,21,22). The molecular weight excluding hydrogens is 358 g/mol. The number of ether oxygens (including phenoxy) is 1. The molecule has 0 atom stereocenters. The zero-order valence-electron chi connectivity index (χ0n) is 13.9. The van der Waals surface area contributed by atoms with E-state index in [0.717, 1.165) is 45.4 Å². The molecule has 1 N–H and O–H groups in total. The van der Waals surface area contributed by atoms with Crippen LogP contribution in [0, 0.1) is 13.8 Å². The number of aromatic carboxylic acids is 1. The van der Waals surface area contributed by atoms with Gasteiger partial charge < -0.3 is 14.4 Å². The minimum Gasteiger partial charge on any atom is -0.492 e. The normalized spacial score (nSPS) is 10.8. The molecule has 0 spiro atoms. The van der Waals surface area contributed by atoms with Crippen LogP contribution in [0.5, 0.6) is 5.75 Å². The minimum absolute atomic E-state index is 0.319. The van der Waals surface area contributed by atoms with Crippen molar-refractivity contribution in [1.82, 2.24) is 4.57 Å². The summed E-state index contributed by atoms with van der Waals surface area (Å²) >= 11 is 3.58. The van der Waals surface area contributed by atoms with Crippen LogP contribution in [0.15, 0.2) is 22.8 Å². The molecule has 1 heterocycles. The van der Waals surface area contributed by atoms with Gasteiger partial charge in [-0.15, -0.1) is 0 Å². The number of hydrogen-bond donors (Lipinski definition) is 1. The Morgan fingerprint density at radius 3 is 2.61 bits per heavy atom. The third-order valence-corrected chi connectivity index (χ3v) is 4.44. The smallest absolute Gasteiger partial charge is 0.337 e. The van der Waals surface area contributed by atoms with Gasteiger partial charge in [0.05, 0.1) is 22.3 Å². The van der Waals surface area contributed by atoms with Gasteiger partial charge in [-0.2, -0.15) is 0 Å². The summed E-state index contributed by atoms with van der Waals surface area (Å²) in [5.74, 6) is -0.144. The minimum atomic E-state index is -0.912. The van der Waals surface area contributed by atoms with Crippen LogP contribution in [0.1, 0.15) is 41.3 Å². The molecule has 124 valence electrons. The Kier molecular flexibility index (Phi) is 5.52. The Labute approximate surface area is 145 Å². The first-order valence-corrected chi connectivity index (χ1v) is 8.48. The van der Waals surface area contributed by atoms with Gasteiger partial charge in [0, 0.05) is 18.8 Å². The zero-order chi connectivity index (χ0) is 17.1. The van der Waals surface area contributed by atoms with E-state index in [1.807, 2.05) is 37.6 Å². The van der Waals surface area contributed by atoms with Gasteiger partial charge >= 0.3 is 5.97 Å². The van der Waals surface area contributed by atoms with E-state index in [1.165, 1.54) is 0 Å². The fraction of sp³-hybridized carbons (Fsp3) is 0.389. The number of carboxylic acid groups (broad SMARTS) is 1. The van der Waals surface area contributed by atoms with Crippen molar-refractivity contribution in [1.29, 1.82) is 0 Å². The number of benzene rings is 1. The number of aryl methyl sites for hydroxylation is 2. The largest absolute Gasteiger partial charge is 0.492 e. The first-order chi connectivity index (χ1) is 10.9. The summed E-state index contributed by atoms with van der Waals surface area (Å²) in [5.41, 5.74) is 3.95. The molecule has 4 nitrogen and oxygen atoms in total. The topological polar surface area (TPSA) is 51.5 Å². The summed E-state index contributed by atoms with van der Waals surface area (Å²) in [4.78, 5) is 11.4. The molecule has 0 saturated carbocycles. The van der Waals surface area contributed by atoms with E-state index in [2.05, 4.69) is 22.9 Å². The number of carbonyl (C=O) groups is 1. The maximum absolute atomic E-state index is 11.4. The second kappa shape index (κ2) is 7.21. The highest BCUT2D eigenvalue weighted by Crippen LogP contribution is 2.40. The second-order valence-electron chi connectivity index (χ2n) is 5.76. The molecule has 0 aliphatic rings. The maximum atomic E-state index is 11.4. The van der Waals surface area contributed by atoms with E-state index in [4.69, 9.17) is 4.74 Å². The molecule has 0 saturated heterocycles. The average Bonchev–Trinajstić information content (AvgIpc) is 2.76. The van der Waals surface area contributed by atoms with E-state index in [1.54, 1.807) is 6.20 Å². The van der Waals surface area contributed by atoms with Gasteiger partial charge in [0.25, 0.3) is 0 Å². The average molecular weight is 380 g/mol. The molecule has 23 heavy (non-hydrogen) atoms. The Bertz CT molecular complexity index is 734. The van der Waals surface area contributed by atoms with Crippen LogP contribution in [-0.2, 0) is 7.05 Å². The monoisotopic (exact) mass is 379 g/mol. The number of aromatic nitrogens is 1. The van der Waals surface area contributed by atoms with Crippen molar-refractivity contribution in [2.75, 3.05) is 6.61 Å². The lowest BCUT2D eigenvalue weighted by atomic mass is 10.0. The Morgan fingerprint density at radius 2 is 2.04 bits per heavy atom. The molecule has 1 aromatic heterocycles. The van der Waals surface area contributed by atoms with Crippen molar-refractivity contribution < 1.29 is 14.6 Å². The number of unbranched alkanes of at least 4 members (excludes halogenated alkanes) is 1. The second-order valence-corrected chi connectivity index (χ2v) is 6.61. The van der Waals surface area contributed by atoms with Gasteiger partial charge in [-0.3, -0.25) is 0 Å². The number of halogens is 1. The van der Waals surface area contributed by atoms with E-state index in [0.29, 0.717) is 12.2 Å². The Balaban J connectivity index is 2.60. The summed E-state index contributed by atoms with van der Waals surface area (Å²) in [6.45, 7) is 6.61. The van der Waals surface area contributed by atoms with Gasteiger partial charge in [0.15, 0.2) is 0 Å². The van der Waals surface area contributed by atoms with E-state index < -0.39 is 5.97 Å². The first-order valence-electron chi connectivity index (χ1n) is 7.69. The molecule has 0 aliphatic carbocycles. The number of rotatable bonds is 6. The third kappa shape index (κ3) is 3.61. The maximum Gasteiger partial charge on any atom is 0.337 e. The molecule has 0 amide bonds. The highest BCUT2D eigenvalue weighted by molar-refractivity contribution is 9.10. The highest BCUT2D eigenvalue weighted by atomic mass is 79.9. The fourth-order valence-corrected chi connectivity index (χ4v) is 3.41. The predicted molar refractivity (Wildman–Crippen MR) is 95.4 cm³/mol. The Morgan fingerprint density at radius 1 is 1.35 bits per heavy atom. The molecule has 0 radical (unpaired) electrons. The van der Waals surface area contributed by atoms with Crippen LogP contribution >= 0.6 is 15.9 Å². The molecule has 5 heteroatoms. The van der Waals surface area contributed by atoms with Crippen LogP contribution in [0.2, 0.25) is 0 Å². The van der Waals surface area contributed by atoms with Crippen molar-refractivity contribution in [3.8, 4) is 17.0 Å². The molecular formula is C18H22BrNO3. The highest BCUT2D eigenvalue weighted by Gasteiger charge is 2.21. The molecule has 2 rings (SSSR count). The van der Waals surface area contributed by atoms with Gasteiger partial charge in [0.1, 0.15) is 5.75 Å². The van der Waals surface area contributed by atoms with Crippen LogP contribution in [0.4, 0.5) is 0 Å². The third-order valence-electron chi connectivity index (χ3n) is 3.85. The predicted octanol–water partition coefficient (Wildman–Crippen LogP) is 4.95. The van der Waals surface area contributed by atoms with Gasteiger partial charge in [-0.05, 0) is 59.5 Å². The number of carboxylic acids is 1. The SMILES string of the molecule is CCCCOc1c(Br)cc(C)cc1-c1c(C)c(C(=O)O)cn1C. The summed E-state index contributed by atoms with van der Waals surface area (Å²) in [5, 5.41) is 9.35. The van der Waals surface area contributed by atoms with Crippen molar-refractivity contribution >= 4 is 21.9 Å². The molecule has 0 bridgehead atoms. The summed E-state index contributed by atoms with van der Waals surface area (Å²) in [6, 6.07) is 4.06. The lowest BCUT2D eigenvalue weighted by Crippen LogP contribution is -2.02. The van der Waals surface area contributed by atoms with Crippen LogP contribution in [0.25, 0.3) is 11.3 Å². The lowest BCUT2D eigenvalue weighted by molar-refractivity contribution is 0.0696. The quantitative estimate of drug-likeness (QED) is 0.722. The Hall–Kier alpha value is -1.75. The van der Waals surface area contributed by atoms with Gasteiger partial charge in [0.2, 0.25) is 0 Å². The van der Waals surface area contributed by atoms with Crippen molar-refractivity contribution in [2.24, 2.45) is 7.05 Å². The van der Waals surface area contributed by atoms with E-state index in [-0.39, 0.29) is 0 Å². The van der Waals surface area contributed by atoms with Crippen LogP contribution in [0.3, 0.4) is 0 Å². The fourth-order valence-electron chi connectivity index (χ4n) is 2.72. The summed E-state index contributed by atoms with van der Waals surface area (Å²) in [7, 11) is 1.86. The van der Waals surface area contributed by atoms with Gasteiger partial charge in [-0.1, -0.05) is 13.3 Å². The molecule has 2 aromatic rings. The summed E-state index contributed by atoms with van der Waals surface area (Å²) < 4.78 is 8.73. The zero-order valence-corrected chi connectivity index (χ0v) is 15.5. The summed E-state index contributed by atoms with van der Waals surface area (Å²) in [6.07, 6.45) is 3.69. The molecule has 0 aliphatic heterocycles. The van der Waals surface area contributed by atoms with Crippen molar-refractivity contribution in [2.45, 2.75) is 33.6 Å². The van der Waals surface area contributed by atoms with Gasteiger partial charge in [-0.25, -0.2) is 4.79 Å². The van der Waals surface area contributed by atoms with Crippen LogP contribution in [-0.4, -0.2) is 22.2 Å². The molecule has 0 fully saturated rings. The van der Waals surface area contributed by atoms with E-state index >= 15 is 0 Å². The molecule has 1 aromatic carbocycles. The van der Waals surface area contributed by atoms with Crippen LogP contribution < -0.4 is 4.74 Å². The number of nitrogens with zero attached hydrogens (tertiary/aromatic N) is 1. The van der Waals surface area contributed by atoms with Crippen molar-refractivity contribution in [3.63, 3.8) is 0 Å². The van der Waals surface area contributed by atoms with Crippen molar-refractivity contribution in [3.05, 3.63) is 39.5 Å². The number of hydrogen-bond acceptors (Lipinski definition) is 2.